The number of rotatable bonds is 13. The van der Waals surface area contributed by atoms with Crippen LogP contribution in [0.15, 0.2) is 57.3 Å². The molecule has 3 saturated carbocycles. The van der Waals surface area contributed by atoms with E-state index in [0.717, 1.165) is 36.8 Å². The third kappa shape index (κ3) is 7.24. The number of sulfonamides is 1. The maximum Gasteiger partial charge on any atom is 0.275 e. The number of likely N-dealkylation sites (tertiary alicyclic amines) is 1. The Balaban J connectivity index is 1.22. The van der Waals surface area contributed by atoms with Crippen molar-refractivity contribution in [2.75, 3.05) is 6.54 Å². The molecule has 4 fully saturated rings. The zero-order valence-electron chi connectivity index (χ0n) is 29.7. The largest absolute Gasteiger partial charge is 0.344 e. The topological polar surface area (TPSA) is 177 Å². The van der Waals surface area contributed by atoms with Gasteiger partial charge in [0, 0.05) is 30.4 Å². The molecule has 4 aliphatic rings. The minimum absolute atomic E-state index is 0.0103. The van der Waals surface area contributed by atoms with Crippen LogP contribution in [0, 0.1) is 17.8 Å². The Hall–Kier alpha value is -4.15. The van der Waals surface area contributed by atoms with E-state index in [-0.39, 0.29) is 42.7 Å². The lowest BCUT2D eigenvalue weighted by Crippen LogP contribution is -2.59. The van der Waals surface area contributed by atoms with E-state index < -0.39 is 62.6 Å². The fourth-order valence-corrected chi connectivity index (χ4v) is 10.4. The van der Waals surface area contributed by atoms with E-state index in [1.807, 2.05) is 47.5 Å². The zero-order valence-corrected chi connectivity index (χ0v) is 32.1. The highest BCUT2D eigenvalue weighted by Gasteiger charge is 2.62. The fourth-order valence-electron chi connectivity index (χ4n) is 7.70. The van der Waals surface area contributed by atoms with E-state index >= 15 is 0 Å². The molecule has 282 valence electrons. The fraction of sp³-hybridized carbons (Fsp3) is 0.514. The van der Waals surface area contributed by atoms with Crippen molar-refractivity contribution in [2.24, 2.45) is 17.8 Å². The Morgan fingerprint density at radius 1 is 1.02 bits per heavy atom. The lowest BCUT2D eigenvalue weighted by Gasteiger charge is -2.32. The second-order valence-electron chi connectivity index (χ2n) is 15.0. The quantitative estimate of drug-likeness (QED) is 0.219. The molecule has 13 nitrogen and oxygen atoms in total. The van der Waals surface area contributed by atoms with Crippen LogP contribution in [-0.2, 0) is 29.2 Å². The molecular formula is C37H44N6O7S3. The second kappa shape index (κ2) is 14.6. The third-order valence-electron chi connectivity index (χ3n) is 11.1. The number of thiophene rings is 2. The summed E-state index contributed by atoms with van der Waals surface area (Å²) < 4.78 is 28.9. The summed E-state index contributed by atoms with van der Waals surface area (Å²) in [5.74, 6) is -3.25. The maximum atomic E-state index is 14.5. The number of nitrogens with zero attached hydrogens (tertiary/aromatic N) is 3. The van der Waals surface area contributed by atoms with Gasteiger partial charge in [-0.2, -0.15) is 27.8 Å². The number of carbonyl (C=O) groups excluding carboxylic acids is 4. The Labute approximate surface area is 316 Å². The molecule has 4 amide bonds. The molecule has 3 aromatic heterocycles. The van der Waals surface area contributed by atoms with Gasteiger partial charge in [-0.15, -0.1) is 6.58 Å². The van der Waals surface area contributed by atoms with E-state index in [1.165, 1.54) is 38.3 Å². The first kappa shape index (κ1) is 37.2. The van der Waals surface area contributed by atoms with Crippen LogP contribution in [0.3, 0.4) is 0 Å². The van der Waals surface area contributed by atoms with Crippen molar-refractivity contribution in [3.05, 3.63) is 62.9 Å². The van der Waals surface area contributed by atoms with Crippen molar-refractivity contribution in [2.45, 2.75) is 94.1 Å². The zero-order chi connectivity index (χ0) is 37.7. The van der Waals surface area contributed by atoms with Crippen LogP contribution < -0.4 is 20.9 Å². The van der Waals surface area contributed by atoms with Gasteiger partial charge in [0.25, 0.3) is 11.5 Å². The van der Waals surface area contributed by atoms with Gasteiger partial charge in [-0.3, -0.25) is 28.7 Å². The van der Waals surface area contributed by atoms with Crippen LogP contribution in [-0.4, -0.2) is 76.1 Å². The lowest BCUT2D eigenvalue weighted by atomic mass is 10.00. The predicted octanol–water partition coefficient (Wildman–Crippen LogP) is 3.84. The van der Waals surface area contributed by atoms with Crippen molar-refractivity contribution in [1.82, 2.24) is 30.0 Å². The first-order valence-electron chi connectivity index (χ1n) is 18.1. The average molecular weight is 781 g/mol. The van der Waals surface area contributed by atoms with Gasteiger partial charge in [-0.1, -0.05) is 32.8 Å². The molecule has 0 unspecified atom stereocenters. The highest BCUT2D eigenvalue weighted by molar-refractivity contribution is 7.91. The summed E-state index contributed by atoms with van der Waals surface area (Å²) in [6, 6.07) is 0.931. The van der Waals surface area contributed by atoms with Crippen molar-refractivity contribution in [1.29, 1.82) is 0 Å². The summed E-state index contributed by atoms with van der Waals surface area (Å²) >= 11 is 2.95. The maximum absolute atomic E-state index is 14.5. The molecule has 0 radical (unpaired) electrons. The number of carbonyl (C=O) groups is 4. The molecule has 1 saturated heterocycles. The van der Waals surface area contributed by atoms with Crippen LogP contribution in [0.25, 0.3) is 22.3 Å². The number of amides is 4. The molecule has 5 atom stereocenters. The lowest BCUT2D eigenvalue weighted by molar-refractivity contribution is -0.143. The normalized spacial score (nSPS) is 24.9. The van der Waals surface area contributed by atoms with Crippen molar-refractivity contribution in [3.8, 4) is 22.3 Å². The van der Waals surface area contributed by atoms with Crippen LogP contribution in [0.4, 0.5) is 0 Å². The van der Waals surface area contributed by atoms with E-state index in [9.17, 15) is 32.4 Å². The summed E-state index contributed by atoms with van der Waals surface area (Å²) in [4.78, 5) is 71.5. The molecule has 0 bridgehead atoms. The summed E-state index contributed by atoms with van der Waals surface area (Å²) in [6.07, 6.45) is 7.55. The van der Waals surface area contributed by atoms with Gasteiger partial charge >= 0.3 is 0 Å². The second-order valence-corrected chi connectivity index (χ2v) is 18.5. The van der Waals surface area contributed by atoms with E-state index in [2.05, 4.69) is 27.0 Å². The summed E-state index contributed by atoms with van der Waals surface area (Å²) in [6.45, 7) is 7.36. The first-order chi connectivity index (χ1) is 25.3. The Bertz CT molecular complexity index is 2070. The Morgan fingerprint density at radius 2 is 1.70 bits per heavy atom. The number of hydrogen-bond donors (Lipinski definition) is 3. The minimum Gasteiger partial charge on any atom is -0.344 e. The average Bonchev–Trinajstić information content (AvgIpc) is 3.66. The number of aromatic nitrogens is 2. The van der Waals surface area contributed by atoms with Crippen molar-refractivity contribution >= 4 is 56.3 Å². The molecule has 0 aromatic carbocycles. The van der Waals surface area contributed by atoms with Gasteiger partial charge in [0.1, 0.15) is 17.6 Å². The van der Waals surface area contributed by atoms with Gasteiger partial charge < -0.3 is 15.5 Å². The molecule has 3 aliphatic carbocycles. The molecule has 0 spiro atoms. The van der Waals surface area contributed by atoms with E-state index in [4.69, 9.17) is 0 Å². The summed E-state index contributed by atoms with van der Waals surface area (Å²) in [5.41, 5.74) is 0.749. The summed E-state index contributed by atoms with van der Waals surface area (Å²) in [5, 5.41) is 17.3. The SMILES string of the molecule is C=C[C@@H]1C[C@]1(NC(=O)[C@@H]1C[C@@H](n2ncc(-c3ccsc3)c(-c3ccsc3)c2=O)CN1C(=O)[C@@H](NC(=O)C1CCCC1)C(C)C)C(=O)NS(=O)(=O)C1CC1. The Morgan fingerprint density at radius 3 is 2.28 bits per heavy atom. The van der Waals surface area contributed by atoms with E-state index in [0.29, 0.717) is 24.0 Å². The molecule has 3 aromatic rings. The molecule has 53 heavy (non-hydrogen) atoms. The summed E-state index contributed by atoms with van der Waals surface area (Å²) in [7, 11) is -3.91. The standard InChI is InChI=1S/C37H44N6O7S3/c1-4-25-16-37(25,36(48)41-53(49,50)27-9-10-27)40-33(45)29-15-26(18-42(29)35(47)31(21(2)3)39-32(44)22-7-5-6-8-22)43-34(46)30(24-12-14-52-20-24)28(17-38-43)23-11-13-51-19-23/h4,11-14,17,19-22,25-27,29,31H,1,5-10,15-16,18H2,2-3H3,(H,39,44)(H,40,45)(H,41,48)/t25-,26-,29+,31+,37-/m1/s1. The van der Waals surface area contributed by atoms with Crippen LogP contribution in [0.2, 0.25) is 0 Å². The molecule has 3 N–H and O–H groups in total. The monoisotopic (exact) mass is 780 g/mol. The third-order valence-corrected chi connectivity index (χ3v) is 14.2. The van der Waals surface area contributed by atoms with Crippen LogP contribution >= 0.6 is 22.7 Å². The molecular weight excluding hydrogens is 737 g/mol. The molecule has 7 rings (SSSR count). The highest BCUT2D eigenvalue weighted by Crippen LogP contribution is 2.46. The van der Waals surface area contributed by atoms with Gasteiger partial charge in [-0.05, 0) is 82.8 Å². The minimum atomic E-state index is -3.91. The van der Waals surface area contributed by atoms with Crippen molar-refractivity contribution in [3.63, 3.8) is 0 Å². The first-order valence-corrected chi connectivity index (χ1v) is 21.6. The van der Waals surface area contributed by atoms with Gasteiger partial charge in [0.05, 0.1) is 23.1 Å². The molecule has 16 heteroatoms. The molecule has 4 heterocycles. The number of hydrogen-bond acceptors (Lipinski definition) is 10. The van der Waals surface area contributed by atoms with Crippen LogP contribution in [0.1, 0.15) is 71.3 Å². The van der Waals surface area contributed by atoms with E-state index in [1.54, 1.807) is 6.20 Å². The Kier molecular flexibility index (Phi) is 10.2. The highest BCUT2D eigenvalue weighted by atomic mass is 32.2. The van der Waals surface area contributed by atoms with Gasteiger partial charge in [0.15, 0.2) is 0 Å². The van der Waals surface area contributed by atoms with Crippen molar-refractivity contribution < 1.29 is 27.6 Å². The van der Waals surface area contributed by atoms with Gasteiger partial charge in [0.2, 0.25) is 27.7 Å². The van der Waals surface area contributed by atoms with Gasteiger partial charge in [-0.25, -0.2) is 13.1 Å². The predicted molar refractivity (Wildman–Crippen MR) is 202 cm³/mol. The molecule has 1 aliphatic heterocycles. The van der Waals surface area contributed by atoms with Crippen LogP contribution in [0.5, 0.6) is 0 Å². The smallest absolute Gasteiger partial charge is 0.275 e. The number of nitrogens with one attached hydrogen (secondary N) is 3.